The number of nitriles is 1. The number of carbonyl (C=O) groups excluding carboxylic acids is 1. The Morgan fingerprint density at radius 2 is 1.80 bits per heavy atom. The molecular formula is C27H24Cl2N2O4. The Bertz CT molecular complexity index is 1250. The third-order valence-electron chi connectivity index (χ3n) is 4.84. The summed E-state index contributed by atoms with van der Waals surface area (Å²) in [5.41, 5.74) is 1.83. The van der Waals surface area contributed by atoms with Crippen molar-refractivity contribution in [3.05, 3.63) is 87.4 Å². The number of halogens is 2. The summed E-state index contributed by atoms with van der Waals surface area (Å²) in [5, 5.41) is 13.2. The van der Waals surface area contributed by atoms with E-state index in [1.54, 1.807) is 42.5 Å². The maximum absolute atomic E-state index is 12.7. The topological polar surface area (TPSA) is 80.6 Å². The van der Waals surface area contributed by atoms with E-state index in [0.29, 0.717) is 51.8 Å². The maximum Gasteiger partial charge on any atom is 0.266 e. The van der Waals surface area contributed by atoms with Gasteiger partial charge < -0.3 is 19.5 Å². The van der Waals surface area contributed by atoms with Crippen LogP contribution in [0.3, 0.4) is 0 Å². The van der Waals surface area contributed by atoms with E-state index < -0.39 is 5.91 Å². The molecule has 6 nitrogen and oxygen atoms in total. The van der Waals surface area contributed by atoms with Crippen molar-refractivity contribution in [3.8, 4) is 23.3 Å². The van der Waals surface area contributed by atoms with E-state index in [1.165, 1.54) is 13.2 Å². The SMILES string of the molecule is CCCOc1c(Cl)cc(/C=C(\C#N)C(=O)Nc2ccc(OCc3ccccc3Cl)cc2)cc1OC. The van der Waals surface area contributed by atoms with Crippen LogP contribution in [-0.4, -0.2) is 19.6 Å². The van der Waals surface area contributed by atoms with Crippen molar-refractivity contribution < 1.29 is 19.0 Å². The van der Waals surface area contributed by atoms with Crippen molar-refractivity contribution in [3.63, 3.8) is 0 Å². The first kappa shape index (κ1) is 26.0. The molecule has 0 aliphatic carbocycles. The molecule has 0 heterocycles. The molecule has 0 unspecified atom stereocenters. The molecule has 1 amide bonds. The third-order valence-corrected chi connectivity index (χ3v) is 5.49. The lowest BCUT2D eigenvalue weighted by Gasteiger charge is -2.13. The van der Waals surface area contributed by atoms with E-state index in [0.717, 1.165) is 12.0 Å². The fourth-order valence-corrected chi connectivity index (χ4v) is 3.56. The molecule has 3 aromatic carbocycles. The highest BCUT2D eigenvalue weighted by Gasteiger charge is 2.14. The van der Waals surface area contributed by atoms with Gasteiger partial charge in [0.15, 0.2) is 11.5 Å². The van der Waals surface area contributed by atoms with Gasteiger partial charge in [-0.2, -0.15) is 5.26 Å². The Labute approximate surface area is 214 Å². The number of rotatable bonds is 10. The number of methoxy groups -OCH3 is 1. The molecule has 35 heavy (non-hydrogen) atoms. The highest BCUT2D eigenvalue weighted by Crippen LogP contribution is 2.37. The van der Waals surface area contributed by atoms with Gasteiger partial charge in [0.25, 0.3) is 5.91 Å². The minimum atomic E-state index is -0.557. The van der Waals surface area contributed by atoms with Gasteiger partial charge in [-0.05, 0) is 60.5 Å². The number of hydrogen-bond donors (Lipinski definition) is 1. The van der Waals surface area contributed by atoms with Crippen LogP contribution in [-0.2, 0) is 11.4 Å². The molecule has 0 aliphatic heterocycles. The molecule has 0 aromatic heterocycles. The zero-order valence-corrected chi connectivity index (χ0v) is 20.8. The average molecular weight is 511 g/mol. The molecule has 1 N–H and O–H groups in total. The summed E-state index contributed by atoms with van der Waals surface area (Å²) in [6.45, 7) is 2.79. The quantitative estimate of drug-likeness (QED) is 0.236. The lowest BCUT2D eigenvalue weighted by Crippen LogP contribution is -2.13. The van der Waals surface area contributed by atoms with E-state index >= 15 is 0 Å². The summed E-state index contributed by atoms with van der Waals surface area (Å²) in [4.78, 5) is 12.7. The van der Waals surface area contributed by atoms with Crippen LogP contribution in [0.4, 0.5) is 5.69 Å². The number of anilines is 1. The van der Waals surface area contributed by atoms with Crippen molar-refractivity contribution in [1.82, 2.24) is 0 Å². The van der Waals surface area contributed by atoms with Gasteiger partial charge in [-0.15, -0.1) is 0 Å². The van der Waals surface area contributed by atoms with Crippen molar-refractivity contribution >= 4 is 40.9 Å². The first-order chi connectivity index (χ1) is 16.9. The van der Waals surface area contributed by atoms with Gasteiger partial charge in [0, 0.05) is 16.3 Å². The molecule has 3 rings (SSSR count). The second kappa shape index (κ2) is 12.7. The highest BCUT2D eigenvalue weighted by atomic mass is 35.5. The number of benzene rings is 3. The van der Waals surface area contributed by atoms with E-state index in [1.807, 2.05) is 31.2 Å². The smallest absolute Gasteiger partial charge is 0.266 e. The van der Waals surface area contributed by atoms with Crippen LogP contribution in [0.5, 0.6) is 17.2 Å². The molecule has 0 saturated heterocycles. The summed E-state index contributed by atoms with van der Waals surface area (Å²) in [5.74, 6) is 0.903. The van der Waals surface area contributed by atoms with Gasteiger partial charge in [0.2, 0.25) is 0 Å². The van der Waals surface area contributed by atoms with Crippen molar-refractivity contribution in [2.24, 2.45) is 0 Å². The third kappa shape index (κ3) is 7.16. The van der Waals surface area contributed by atoms with E-state index in [9.17, 15) is 10.1 Å². The molecule has 0 spiro atoms. The molecule has 0 aliphatic rings. The zero-order chi connectivity index (χ0) is 25.2. The molecule has 0 radical (unpaired) electrons. The molecule has 0 bridgehead atoms. The van der Waals surface area contributed by atoms with Crippen molar-refractivity contribution in [2.45, 2.75) is 20.0 Å². The second-order valence-corrected chi connectivity index (χ2v) is 8.23. The van der Waals surface area contributed by atoms with Crippen LogP contribution in [0.2, 0.25) is 10.0 Å². The number of ether oxygens (including phenoxy) is 3. The largest absolute Gasteiger partial charge is 0.493 e. The number of nitrogens with zero attached hydrogens (tertiary/aromatic N) is 1. The fourth-order valence-electron chi connectivity index (χ4n) is 3.09. The Morgan fingerprint density at radius 3 is 2.46 bits per heavy atom. The first-order valence-electron chi connectivity index (χ1n) is 10.8. The second-order valence-electron chi connectivity index (χ2n) is 7.41. The number of hydrogen-bond acceptors (Lipinski definition) is 5. The van der Waals surface area contributed by atoms with E-state index in [4.69, 9.17) is 37.4 Å². The van der Waals surface area contributed by atoms with Crippen LogP contribution in [0.25, 0.3) is 6.08 Å². The predicted octanol–water partition coefficient (Wildman–Crippen LogP) is 6.92. The van der Waals surface area contributed by atoms with Crippen LogP contribution in [0.1, 0.15) is 24.5 Å². The summed E-state index contributed by atoms with van der Waals surface area (Å²) >= 11 is 12.5. The Hall–Kier alpha value is -3.66. The average Bonchev–Trinajstić information content (AvgIpc) is 2.86. The van der Waals surface area contributed by atoms with Crippen LogP contribution >= 0.6 is 23.2 Å². The minimum Gasteiger partial charge on any atom is -0.493 e. The number of amides is 1. The molecule has 180 valence electrons. The molecule has 0 atom stereocenters. The van der Waals surface area contributed by atoms with Crippen LogP contribution in [0, 0.1) is 11.3 Å². The predicted molar refractivity (Wildman–Crippen MR) is 138 cm³/mol. The summed E-state index contributed by atoms with van der Waals surface area (Å²) in [6, 6.07) is 19.5. The molecule has 8 heteroatoms. The monoisotopic (exact) mass is 510 g/mol. The van der Waals surface area contributed by atoms with Gasteiger partial charge in [-0.1, -0.05) is 48.3 Å². The molecule has 0 fully saturated rings. The van der Waals surface area contributed by atoms with Gasteiger partial charge in [0.1, 0.15) is 24.0 Å². The molecule has 3 aromatic rings. The Morgan fingerprint density at radius 1 is 1.06 bits per heavy atom. The molecular weight excluding hydrogens is 487 g/mol. The highest BCUT2D eigenvalue weighted by molar-refractivity contribution is 6.32. The summed E-state index contributed by atoms with van der Waals surface area (Å²) < 4.78 is 16.8. The van der Waals surface area contributed by atoms with Crippen molar-refractivity contribution in [1.29, 1.82) is 5.26 Å². The number of carbonyl (C=O) groups is 1. The standard InChI is InChI=1S/C27H24Cl2N2O4/c1-3-12-34-26-24(29)14-18(15-25(26)33-2)13-20(16-30)27(32)31-21-8-10-22(11-9-21)35-17-19-6-4-5-7-23(19)28/h4-11,13-15H,3,12,17H2,1-2H3,(H,31,32)/b20-13+. The van der Waals surface area contributed by atoms with Gasteiger partial charge in [-0.25, -0.2) is 0 Å². The van der Waals surface area contributed by atoms with Crippen molar-refractivity contribution in [2.75, 3.05) is 19.0 Å². The Balaban J connectivity index is 1.68. The Kier molecular flexibility index (Phi) is 9.42. The minimum absolute atomic E-state index is 0.0932. The van der Waals surface area contributed by atoms with Gasteiger partial charge >= 0.3 is 0 Å². The zero-order valence-electron chi connectivity index (χ0n) is 19.3. The lowest BCUT2D eigenvalue weighted by molar-refractivity contribution is -0.112. The fraction of sp³-hybridized carbons (Fsp3) is 0.185. The van der Waals surface area contributed by atoms with E-state index in [-0.39, 0.29) is 5.57 Å². The van der Waals surface area contributed by atoms with Gasteiger partial charge in [-0.3, -0.25) is 4.79 Å². The number of nitrogens with one attached hydrogen (secondary N) is 1. The normalized spacial score (nSPS) is 10.9. The van der Waals surface area contributed by atoms with Crippen LogP contribution in [0.15, 0.2) is 66.2 Å². The first-order valence-corrected chi connectivity index (χ1v) is 11.6. The summed E-state index contributed by atoms with van der Waals surface area (Å²) in [6.07, 6.45) is 2.25. The lowest BCUT2D eigenvalue weighted by atomic mass is 10.1. The van der Waals surface area contributed by atoms with Crippen LogP contribution < -0.4 is 19.5 Å². The van der Waals surface area contributed by atoms with E-state index in [2.05, 4.69) is 5.32 Å². The summed E-state index contributed by atoms with van der Waals surface area (Å²) in [7, 11) is 1.50. The van der Waals surface area contributed by atoms with Gasteiger partial charge in [0.05, 0.1) is 18.7 Å². The maximum atomic E-state index is 12.7. The molecule has 0 saturated carbocycles.